The third kappa shape index (κ3) is 2.71. The minimum atomic E-state index is -0.157. The molecule has 1 rings (SSSR count). The molecule has 1 aromatic rings. The van der Waals surface area contributed by atoms with Crippen molar-refractivity contribution < 1.29 is 10.0 Å². The van der Waals surface area contributed by atoms with Gasteiger partial charge in [0.1, 0.15) is 0 Å². The average Bonchev–Trinajstić information content (AvgIpc) is 2.43. The van der Waals surface area contributed by atoms with Gasteiger partial charge in [0.05, 0.1) is 5.69 Å². The number of para-hydroxylation sites is 1. The minimum Gasteiger partial charge on any atom is -0.409 e. The predicted octanol–water partition coefficient (Wildman–Crippen LogP) is 1.29. The van der Waals surface area contributed by atoms with E-state index < -0.39 is 0 Å². The van der Waals surface area contributed by atoms with Gasteiger partial charge in [0.25, 0.3) is 0 Å². The van der Waals surface area contributed by atoms with Gasteiger partial charge in [-0.3, -0.25) is 4.90 Å². The van der Waals surface area contributed by atoms with Crippen LogP contribution in [-0.2, 0) is 0 Å². The summed E-state index contributed by atoms with van der Waals surface area (Å²) in [7, 11) is 3.36. The van der Waals surface area contributed by atoms with Crippen LogP contribution in [0.4, 0.5) is 10.5 Å². The molecule has 0 spiro atoms. The number of nitrogens with zero attached hydrogens (tertiary/aromatic N) is 3. The van der Waals surface area contributed by atoms with Crippen molar-refractivity contribution in [2.45, 2.75) is 6.92 Å². The molecule has 0 radical (unpaired) electrons. The lowest BCUT2D eigenvalue weighted by Crippen LogP contribution is -2.39. The highest BCUT2D eigenvalue weighted by molar-refractivity contribution is 6.05. The number of carbonyl (C=O) groups excluding carboxylic acids is 1. The number of benzene rings is 1. The Balaban J connectivity index is 3.13. The van der Waals surface area contributed by atoms with E-state index in [-0.39, 0.29) is 11.9 Å². The van der Waals surface area contributed by atoms with E-state index in [1.54, 1.807) is 43.3 Å². The van der Waals surface area contributed by atoms with Crippen LogP contribution in [0.1, 0.15) is 12.5 Å². The van der Waals surface area contributed by atoms with E-state index in [1.165, 1.54) is 4.90 Å². The van der Waals surface area contributed by atoms with Gasteiger partial charge in [0.2, 0.25) is 0 Å². The Morgan fingerprint density at radius 2 is 2.00 bits per heavy atom. The van der Waals surface area contributed by atoms with Gasteiger partial charge in [-0.15, -0.1) is 0 Å². The predicted molar refractivity (Wildman–Crippen MR) is 71.1 cm³/mol. The number of oxime groups is 1. The van der Waals surface area contributed by atoms with E-state index in [9.17, 15) is 4.79 Å². The molecule has 0 bridgehead atoms. The van der Waals surface area contributed by atoms with Crippen molar-refractivity contribution in [2.75, 3.05) is 25.5 Å². The van der Waals surface area contributed by atoms with Crippen molar-refractivity contribution in [3.05, 3.63) is 29.8 Å². The van der Waals surface area contributed by atoms with Crippen molar-refractivity contribution in [1.82, 2.24) is 4.90 Å². The second-order valence-electron chi connectivity index (χ2n) is 3.86. The number of carbonyl (C=O) groups is 1. The minimum absolute atomic E-state index is 0.0237. The second-order valence-corrected chi connectivity index (χ2v) is 3.86. The summed E-state index contributed by atoms with van der Waals surface area (Å²) >= 11 is 0. The van der Waals surface area contributed by atoms with E-state index in [0.717, 1.165) is 0 Å². The van der Waals surface area contributed by atoms with Gasteiger partial charge < -0.3 is 15.8 Å². The quantitative estimate of drug-likeness (QED) is 0.367. The fourth-order valence-corrected chi connectivity index (χ4v) is 1.53. The molecule has 0 aliphatic rings. The molecule has 0 fully saturated rings. The van der Waals surface area contributed by atoms with Crippen molar-refractivity contribution in [3.8, 4) is 0 Å². The number of hydrogen-bond acceptors (Lipinski definition) is 3. The summed E-state index contributed by atoms with van der Waals surface area (Å²) in [6.07, 6.45) is 0. The first kappa shape index (κ1) is 13.8. The van der Waals surface area contributed by atoms with Gasteiger partial charge in [0, 0.05) is 26.2 Å². The normalized spacial score (nSPS) is 11.2. The summed E-state index contributed by atoms with van der Waals surface area (Å²) in [5.41, 5.74) is 6.70. The number of hydrogen-bond donors (Lipinski definition) is 2. The highest BCUT2D eigenvalue weighted by Crippen LogP contribution is 2.19. The third-order valence-electron chi connectivity index (χ3n) is 2.74. The van der Waals surface area contributed by atoms with Crippen LogP contribution in [0.2, 0.25) is 0 Å². The van der Waals surface area contributed by atoms with E-state index in [1.807, 2.05) is 6.92 Å². The van der Waals surface area contributed by atoms with Crippen molar-refractivity contribution in [1.29, 1.82) is 0 Å². The average molecular weight is 250 g/mol. The Bertz CT molecular complexity index is 459. The zero-order chi connectivity index (χ0) is 13.7. The molecule has 1 aromatic carbocycles. The van der Waals surface area contributed by atoms with Gasteiger partial charge in [-0.1, -0.05) is 17.3 Å². The van der Waals surface area contributed by atoms with E-state index in [4.69, 9.17) is 10.9 Å². The monoisotopic (exact) mass is 250 g/mol. The molecule has 98 valence electrons. The van der Waals surface area contributed by atoms with Gasteiger partial charge >= 0.3 is 6.03 Å². The smallest absolute Gasteiger partial charge is 0.323 e. The molecule has 18 heavy (non-hydrogen) atoms. The molecule has 6 nitrogen and oxygen atoms in total. The fraction of sp³-hybridized carbons (Fsp3) is 0.333. The largest absolute Gasteiger partial charge is 0.409 e. The summed E-state index contributed by atoms with van der Waals surface area (Å²) in [5.74, 6) is -0.0237. The molecule has 0 heterocycles. The first-order valence-electron chi connectivity index (χ1n) is 5.58. The van der Waals surface area contributed by atoms with Gasteiger partial charge in [-0.2, -0.15) is 0 Å². The molecule has 0 aliphatic carbocycles. The van der Waals surface area contributed by atoms with Crippen LogP contribution in [0.15, 0.2) is 29.4 Å². The Hall–Kier alpha value is -2.24. The third-order valence-corrected chi connectivity index (χ3v) is 2.74. The molecule has 0 unspecified atom stereocenters. The van der Waals surface area contributed by atoms with Crippen molar-refractivity contribution in [2.24, 2.45) is 10.9 Å². The number of amides is 2. The number of nitrogens with two attached hydrogens (primary N) is 1. The first-order chi connectivity index (χ1) is 8.52. The second kappa shape index (κ2) is 5.90. The first-order valence-corrected chi connectivity index (χ1v) is 5.58. The molecule has 2 amide bonds. The molecule has 3 N–H and O–H groups in total. The Labute approximate surface area is 106 Å². The highest BCUT2D eigenvalue weighted by Gasteiger charge is 2.18. The zero-order valence-corrected chi connectivity index (χ0v) is 10.8. The van der Waals surface area contributed by atoms with Crippen molar-refractivity contribution in [3.63, 3.8) is 0 Å². The molecule has 0 saturated heterocycles. The molecular weight excluding hydrogens is 232 g/mol. The summed E-state index contributed by atoms with van der Waals surface area (Å²) in [6, 6.07) is 6.84. The van der Waals surface area contributed by atoms with Gasteiger partial charge in [-0.25, -0.2) is 4.79 Å². The van der Waals surface area contributed by atoms with Crippen LogP contribution in [0.3, 0.4) is 0 Å². The number of amidine groups is 1. The van der Waals surface area contributed by atoms with Crippen molar-refractivity contribution >= 4 is 17.6 Å². The maximum absolute atomic E-state index is 12.0. The number of urea groups is 1. The lowest BCUT2D eigenvalue weighted by Gasteiger charge is -2.25. The van der Waals surface area contributed by atoms with E-state index >= 15 is 0 Å². The summed E-state index contributed by atoms with van der Waals surface area (Å²) in [4.78, 5) is 15.1. The van der Waals surface area contributed by atoms with Crippen LogP contribution in [0.25, 0.3) is 0 Å². The molecule has 6 heteroatoms. The molecule has 0 aromatic heterocycles. The standard InChI is InChI=1S/C12H18N4O2/c1-4-15(2)12(17)16(3)10-8-6-5-7-9(10)11(13)14-18/h5-8,18H,4H2,1-3H3,(H2,13,14). The lowest BCUT2D eigenvalue weighted by molar-refractivity contribution is 0.219. The summed E-state index contributed by atoms with van der Waals surface area (Å²) < 4.78 is 0. The molecule has 0 atom stereocenters. The molecule has 0 saturated carbocycles. The van der Waals surface area contributed by atoms with Crippen LogP contribution in [-0.4, -0.2) is 42.6 Å². The fourth-order valence-electron chi connectivity index (χ4n) is 1.53. The SMILES string of the molecule is CCN(C)C(=O)N(C)c1ccccc1C(N)=NO. The number of anilines is 1. The lowest BCUT2D eigenvalue weighted by atomic mass is 10.1. The van der Waals surface area contributed by atoms with Crippen LogP contribution >= 0.6 is 0 Å². The maximum atomic E-state index is 12.0. The van der Waals surface area contributed by atoms with Gasteiger partial charge in [0.15, 0.2) is 5.84 Å². The summed E-state index contributed by atoms with van der Waals surface area (Å²) in [6.45, 7) is 2.50. The van der Waals surface area contributed by atoms with E-state index in [2.05, 4.69) is 5.16 Å². The summed E-state index contributed by atoms with van der Waals surface area (Å²) in [5, 5.41) is 11.7. The highest BCUT2D eigenvalue weighted by atomic mass is 16.4. The topological polar surface area (TPSA) is 82.2 Å². The molecular formula is C12H18N4O2. The Morgan fingerprint density at radius 3 is 2.56 bits per heavy atom. The Morgan fingerprint density at radius 1 is 1.39 bits per heavy atom. The Kier molecular flexibility index (Phi) is 4.53. The van der Waals surface area contributed by atoms with Crippen LogP contribution < -0.4 is 10.6 Å². The number of rotatable bonds is 3. The van der Waals surface area contributed by atoms with E-state index in [0.29, 0.717) is 17.8 Å². The van der Waals surface area contributed by atoms with Gasteiger partial charge in [-0.05, 0) is 19.1 Å². The zero-order valence-electron chi connectivity index (χ0n) is 10.8. The van der Waals surface area contributed by atoms with Crippen LogP contribution in [0.5, 0.6) is 0 Å². The molecule has 0 aliphatic heterocycles. The maximum Gasteiger partial charge on any atom is 0.323 e. The van der Waals surface area contributed by atoms with Crippen LogP contribution in [0, 0.1) is 0 Å².